The van der Waals surface area contributed by atoms with Gasteiger partial charge in [0.05, 0.1) is 12.0 Å². The number of piperidine rings is 1. The zero-order valence-corrected chi connectivity index (χ0v) is 19.6. The minimum atomic E-state index is 0.520. The number of piperazine rings is 1. The van der Waals surface area contributed by atoms with E-state index in [1.54, 1.807) is 6.20 Å². The van der Waals surface area contributed by atoms with Crippen LogP contribution < -0.4 is 15.0 Å². The Labute approximate surface area is 204 Å². The molecule has 2 aliphatic heterocycles. The van der Waals surface area contributed by atoms with Gasteiger partial charge in [0.1, 0.15) is 12.1 Å². The molecule has 6 rings (SSSR count). The molecule has 0 bridgehead atoms. The Morgan fingerprint density at radius 3 is 2.89 bits per heavy atom. The van der Waals surface area contributed by atoms with Crippen LogP contribution in [0.4, 0.5) is 11.6 Å². The van der Waals surface area contributed by atoms with Gasteiger partial charge < -0.3 is 19.5 Å². The van der Waals surface area contributed by atoms with Crippen molar-refractivity contribution in [3.05, 3.63) is 66.7 Å². The average molecular weight is 472 g/mol. The number of ether oxygens (including phenoxy) is 1. The number of aromatic nitrogens is 4. The van der Waals surface area contributed by atoms with Crippen molar-refractivity contribution in [3.63, 3.8) is 0 Å². The van der Waals surface area contributed by atoms with Gasteiger partial charge in [0, 0.05) is 63.1 Å². The number of hydrogen-bond donors (Lipinski definition) is 1. The lowest BCUT2D eigenvalue weighted by molar-refractivity contribution is 0.0717. The average Bonchev–Trinajstić information content (AvgIpc) is 3.36. The van der Waals surface area contributed by atoms with Gasteiger partial charge in [0.15, 0.2) is 11.4 Å². The van der Waals surface area contributed by atoms with Crippen LogP contribution in [0.15, 0.2) is 65.7 Å². The van der Waals surface area contributed by atoms with Crippen LogP contribution in [0.2, 0.25) is 0 Å². The molecule has 0 amide bonds. The van der Waals surface area contributed by atoms with E-state index in [0.717, 1.165) is 60.8 Å². The lowest BCUT2D eigenvalue weighted by Gasteiger charge is -2.46. The monoisotopic (exact) mass is 471 g/mol. The smallest absolute Gasteiger partial charge is 0.213 e. The van der Waals surface area contributed by atoms with E-state index in [-0.39, 0.29) is 0 Å². The maximum absolute atomic E-state index is 6.06. The highest BCUT2D eigenvalue weighted by molar-refractivity contribution is 5.88. The number of para-hydroxylation sites is 1. The van der Waals surface area contributed by atoms with E-state index in [1.165, 1.54) is 12.7 Å². The highest BCUT2D eigenvalue weighted by atomic mass is 16.5. The van der Waals surface area contributed by atoms with Crippen LogP contribution in [0.25, 0.3) is 11.0 Å². The first kappa shape index (κ1) is 21.8. The molecule has 2 saturated heterocycles. The SMILES string of the molecule is c1ccc2c(N3CCN4CC(COc5ccc(CNc6ccncn6)cn5)CCC4C3)noc2c1. The van der Waals surface area contributed by atoms with Crippen LogP contribution >= 0.6 is 0 Å². The van der Waals surface area contributed by atoms with Gasteiger partial charge in [-0.2, -0.15) is 0 Å². The second-order valence-electron chi connectivity index (χ2n) is 9.30. The lowest BCUT2D eigenvalue weighted by atomic mass is 9.91. The molecule has 35 heavy (non-hydrogen) atoms. The summed E-state index contributed by atoms with van der Waals surface area (Å²) in [6, 6.07) is 14.5. The molecular weight excluding hydrogens is 442 g/mol. The Balaban J connectivity index is 0.981. The molecule has 1 aromatic carbocycles. The Morgan fingerprint density at radius 1 is 1.03 bits per heavy atom. The second-order valence-corrected chi connectivity index (χ2v) is 9.30. The number of anilines is 2. The molecule has 0 spiro atoms. The van der Waals surface area contributed by atoms with Crippen molar-refractivity contribution < 1.29 is 9.26 Å². The van der Waals surface area contributed by atoms with Gasteiger partial charge in [-0.1, -0.05) is 23.4 Å². The molecule has 4 aromatic rings. The summed E-state index contributed by atoms with van der Waals surface area (Å²) in [6.45, 7) is 5.42. The fourth-order valence-electron chi connectivity index (χ4n) is 5.08. The van der Waals surface area contributed by atoms with E-state index >= 15 is 0 Å². The van der Waals surface area contributed by atoms with Crippen LogP contribution in [0.1, 0.15) is 18.4 Å². The Morgan fingerprint density at radius 2 is 2.00 bits per heavy atom. The summed E-state index contributed by atoms with van der Waals surface area (Å²) in [5.41, 5.74) is 1.93. The summed E-state index contributed by atoms with van der Waals surface area (Å²) >= 11 is 0. The largest absolute Gasteiger partial charge is 0.477 e. The third-order valence-corrected chi connectivity index (χ3v) is 6.98. The van der Waals surface area contributed by atoms with Crippen molar-refractivity contribution >= 4 is 22.6 Å². The second kappa shape index (κ2) is 9.87. The molecule has 0 saturated carbocycles. The third-order valence-electron chi connectivity index (χ3n) is 6.98. The van der Waals surface area contributed by atoms with Crippen LogP contribution in [0.5, 0.6) is 5.88 Å². The van der Waals surface area contributed by atoms with E-state index in [0.29, 0.717) is 31.0 Å². The number of fused-ring (bicyclic) bond motifs is 2. The van der Waals surface area contributed by atoms with Crippen molar-refractivity contribution in [1.82, 2.24) is 25.0 Å². The quantitative estimate of drug-likeness (QED) is 0.434. The van der Waals surface area contributed by atoms with E-state index < -0.39 is 0 Å². The molecule has 9 heteroatoms. The fourth-order valence-corrected chi connectivity index (χ4v) is 5.08. The molecule has 180 valence electrons. The molecule has 3 aromatic heterocycles. The standard InChI is InChI=1S/C26H29N7O2/c1-2-4-23-22(3-1)26(31-35-23)33-12-11-32-15-20(5-7-21(32)16-33)17-34-25-8-6-19(14-29-25)13-28-24-9-10-27-18-30-24/h1-4,6,8-10,14,18,20-21H,5,7,11-13,15-17H2,(H,27,28,30). The van der Waals surface area contributed by atoms with Gasteiger partial charge >= 0.3 is 0 Å². The van der Waals surface area contributed by atoms with Gasteiger partial charge in [-0.05, 0) is 36.6 Å². The van der Waals surface area contributed by atoms with Gasteiger partial charge in [-0.3, -0.25) is 4.90 Å². The number of nitrogens with zero attached hydrogens (tertiary/aromatic N) is 6. The number of pyridine rings is 1. The fraction of sp³-hybridized carbons (Fsp3) is 0.385. The first-order chi connectivity index (χ1) is 17.3. The summed E-state index contributed by atoms with van der Waals surface area (Å²) in [6.07, 6.45) is 7.43. The number of benzene rings is 1. The van der Waals surface area contributed by atoms with E-state index in [4.69, 9.17) is 9.26 Å². The van der Waals surface area contributed by atoms with Gasteiger partial charge in [-0.25, -0.2) is 15.0 Å². The maximum Gasteiger partial charge on any atom is 0.213 e. The van der Waals surface area contributed by atoms with Crippen molar-refractivity contribution in [2.75, 3.05) is 43.0 Å². The first-order valence-electron chi connectivity index (χ1n) is 12.2. The Hall–Kier alpha value is -3.72. The minimum Gasteiger partial charge on any atom is -0.477 e. The van der Waals surface area contributed by atoms with Crippen LogP contribution in [0, 0.1) is 5.92 Å². The van der Waals surface area contributed by atoms with Gasteiger partial charge in [0.2, 0.25) is 5.88 Å². The maximum atomic E-state index is 6.06. The van der Waals surface area contributed by atoms with Crippen LogP contribution in [0.3, 0.4) is 0 Å². The van der Waals surface area contributed by atoms with E-state index in [2.05, 4.69) is 41.3 Å². The predicted molar refractivity (Wildman–Crippen MR) is 133 cm³/mol. The highest BCUT2D eigenvalue weighted by Crippen LogP contribution is 2.31. The minimum absolute atomic E-state index is 0.520. The number of rotatable bonds is 7. The summed E-state index contributed by atoms with van der Waals surface area (Å²) in [7, 11) is 0. The zero-order valence-electron chi connectivity index (χ0n) is 19.6. The first-order valence-corrected chi connectivity index (χ1v) is 12.2. The molecule has 0 aliphatic carbocycles. The van der Waals surface area contributed by atoms with Crippen LogP contribution in [-0.4, -0.2) is 63.8 Å². The summed E-state index contributed by atoms with van der Waals surface area (Å²) in [5, 5.41) is 8.73. The zero-order chi connectivity index (χ0) is 23.5. The van der Waals surface area contributed by atoms with Gasteiger partial charge in [-0.15, -0.1) is 0 Å². The lowest BCUT2D eigenvalue weighted by Crippen LogP contribution is -2.57. The molecule has 2 aliphatic rings. The Bertz CT molecular complexity index is 1250. The van der Waals surface area contributed by atoms with Crippen LogP contribution in [-0.2, 0) is 6.54 Å². The Kier molecular flexibility index (Phi) is 6.15. The van der Waals surface area contributed by atoms with Crippen molar-refractivity contribution in [1.29, 1.82) is 0 Å². The molecule has 1 N–H and O–H groups in total. The topological polar surface area (TPSA) is 92.4 Å². The molecule has 2 unspecified atom stereocenters. The number of hydrogen-bond acceptors (Lipinski definition) is 9. The number of nitrogens with one attached hydrogen (secondary N) is 1. The molecular formula is C26H29N7O2. The van der Waals surface area contributed by atoms with Crippen molar-refractivity contribution in [2.45, 2.75) is 25.4 Å². The summed E-state index contributed by atoms with van der Waals surface area (Å²) in [4.78, 5) is 17.6. The normalized spacial score (nSPS) is 20.5. The highest BCUT2D eigenvalue weighted by Gasteiger charge is 2.34. The molecule has 2 fully saturated rings. The van der Waals surface area contributed by atoms with E-state index in [1.807, 2.05) is 42.6 Å². The molecule has 9 nitrogen and oxygen atoms in total. The summed E-state index contributed by atoms with van der Waals surface area (Å²) < 4.78 is 11.6. The van der Waals surface area contributed by atoms with Crippen molar-refractivity contribution in [3.8, 4) is 5.88 Å². The summed E-state index contributed by atoms with van der Waals surface area (Å²) in [5.74, 6) is 2.98. The third kappa shape index (κ3) is 4.90. The van der Waals surface area contributed by atoms with Crippen molar-refractivity contribution in [2.24, 2.45) is 5.92 Å². The van der Waals surface area contributed by atoms with Gasteiger partial charge in [0.25, 0.3) is 0 Å². The molecule has 0 radical (unpaired) electrons. The predicted octanol–water partition coefficient (Wildman–Crippen LogP) is 3.60. The molecule has 5 heterocycles. The molecule has 2 atom stereocenters. The van der Waals surface area contributed by atoms with E-state index in [9.17, 15) is 0 Å².